The van der Waals surface area contributed by atoms with E-state index in [2.05, 4.69) is 15.3 Å². The number of nitrogens with one attached hydrogen (secondary N) is 1. The van der Waals surface area contributed by atoms with E-state index in [4.69, 9.17) is 5.73 Å². The van der Waals surface area contributed by atoms with Crippen LogP contribution in [0.1, 0.15) is 39.0 Å². The predicted octanol–water partition coefficient (Wildman–Crippen LogP) is 1.51. The quantitative estimate of drug-likeness (QED) is 0.371. The van der Waals surface area contributed by atoms with E-state index in [1.807, 2.05) is 6.92 Å². The second-order valence-corrected chi connectivity index (χ2v) is 9.58. The molecule has 0 aromatic carbocycles. The average Bonchev–Trinajstić information content (AvgIpc) is 2.79. The van der Waals surface area contributed by atoms with Gasteiger partial charge >= 0.3 is 6.18 Å². The van der Waals surface area contributed by atoms with Gasteiger partial charge in [-0.25, -0.2) is 9.97 Å². The molecule has 0 bridgehead atoms. The molecule has 1 saturated heterocycles. The number of anilines is 2. The fourth-order valence-corrected chi connectivity index (χ4v) is 4.88. The second kappa shape index (κ2) is 11.2. The van der Waals surface area contributed by atoms with Gasteiger partial charge in [-0.2, -0.15) is 17.6 Å². The van der Waals surface area contributed by atoms with Crippen molar-refractivity contribution in [2.75, 3.05) is 49.5 Å². The van der Waals surface area contributed by atoms with E-state index in [1.54, 1.807) is 9.80 Å². The number of aliphatic hydroxyl groups is 2. The molecule has 1 saturated carbocycles. The number of rotatable bonds is 9. The number of hydrogen-bond acceptors (Lipinski definition) is 8. The highest BCUT2D eigenvalue weighted by Crippen LogP contribution is 2.40. The van der Waals surface area contributed by atoms with Gasteiger partial charge in [-0.15, -0.1) is 0 Å². The number of alkyl halides is 3. The molecular formula is C22H34F4N6O3. The molecule has 0 spiro atoms. The van der Waals surface area contributed by atoms with Crippen LogP contribution in [0.15, 0.2) is 6.33 Å². The molecule has 3 rings (SSSR count). The standard InChI is InChI=1S/C22H34F4N6O3/c1-2-32(9-14-3-5-15(6-4-14)22(24,25)26)20-18(23)19(29-13-30-20)28-12-21(35)7-8-31(10-16(21)33)11-17(27)34/h13-16,33,35H,2-12H2,1H3,(H2,27,34)(H,28,29,30)/t14?,15?,16-,21?/m1/s1. The molecule has 1 aromatic heterocycles. The number of hydrogen-bond donors (Lipinski definition) is 4. The van der Waals surface area contributed by atoms with Crippen molar-refractivity contribution in [2.45, 2.75) is 56.9 Å². The smallest absolute Gasteiger partial charge is 0.389 e. The summed E-state index contributed by atoms with van der Waals surface area (Å²) in [4.78, 5) is 22.4. The van der Waals surface area contributed by atoms with Crippen molar-refractivity contribution < 1.29 is 32.6 Å². The Bertz CT molecular complexity index is 868. The molecule has 35 heavy (non-hydrogen) atoms. The van der Waals surface area contributed by atoms with Crippen molar-refractivity contribution in [1.29, 1.82) is 0 Å². The van der Waals surface area contributed by atoms with Gasteiger partial charge in [0.2, 0.25) is 11.7 Å². The molecule has 0 radical (unpaired) electrons. The first kappa shape index (κ1) is 27.3. The Balaban J connectivity index is 1.61. The topological polar surface area (TPSA) is 128 Å². The summed E-state index contributed by atoms with van der Waals surface area (Å²) in [6.45, 7) is 2.76. The third-order valence-corrected chi connectivity index (χ3v) is 7.09. The number of β-amino-alcohol motifs (C(OH)–C–C–N with tert-alkyl or cyclic N) is 1. The summed E-state index contributed by atoms with van der Waals surface area (Å²) in [5.74, 6) is -2.65. The summed E-state index contributed by atoms with van der Waals surface area (Å²) in [7, 11) is 0. The molecule has 13 heteroatoms. The first-order chi connectivity index (χ1) is 16.4. The van der Waals surface area contributed by atoms with Gasteiger partial charge in [0.15, 0.2) is 11.6 Å². The number of nitrogens with zero attached hydrogens (tertiary/aromatic N) is 4. The van der Waals surface area contributed by atoms with Crippen molar-refractivity contribution in [1.82, 2.24) is 14.9 Å². The minimum Gasteiger partial charge on any atom is -0.389 e. The third kappa shape index (κ3) is 6.91. The number of carbonyl (C=O) groups excluding carboxylic acids is 1. The zero-order valence-corrected chi connectivity index (χ0v) is 19.8. The number of halogens is 4. The number of aliphatic hydroxyl groups excluding tert-OH is 1. The fraction of sp³-hybridized carbons (Fsp3) is 0.773. The average molecular weight is 507 g/mol. The van der Waals surface area contributed by atoms with E-state index in [-0.39, 0.29) is 56.5 Å². The summed E-state index contributed by atoms with van der Waals surface area (Å²) in [5.41, 5.74) is 3.62. The Kier molecular flexibility index (Phi) is 8.76. The summed E-state index contributed by atoms with van der Waals surface area (Å²) in [6.07, 6.45) is -3.08. The lowest BCUT2D eigenvalue weighted by Gasteiger charge is -2.41. The Labute approximate surface area is 201 Å². The van der Waals surface area contributed by atoms with Gasteiger partial charge in [0.1, 0.15) is 11.9 Å². The van der Waals surface area contributed by atoms with Crippen LogP contribution < -0.4 is 16.0 Å². The molecule has 198 valence electrons. The molecule has 2 fully saturated rings. The number of carbonyl (C=O) groups is 1. The summed E-state index contributed by atoms with van der Waals surface area (Å²) in [5, 5.41) is 24.0. The minimum atomic E-state index is -4.18. The molecule has 1 unspecified atom stereocenters. The van der Waals surface area contributed by atoms with Crippen LogP contribution in [-0.2, 0) is 4.79 Å². The lowest BCUT2D eigenvalue weighted by molar-refractivity contribution is -0.183. The van der Waals surface area contributed by atoms with E-state index < -0.39 is 35.5 Å². The van der Waals surface area contributed by atoms with Crippen molar-refractivity contribution in [3.63, 3.8) is 0 Å². The van der Waals surface area contributed by atoms with Crippen LogP contribution in [0.2, 0.25) is 0 Å². The zero-order chi connectivity index (χ0) is 25.8. The van der Waals surface area contributed by atoms with Gasteiger partial charge in [0.05, 0.1) is 18.6 Å². The normalized spacial score (nSPS) is 28.0. The molecule has 5 N–H and O–H groups in total. The number of piperidine rings is 1. The molecule has 1 aliphatic carbocycles. The molecule has 2 aliphatic rings. The SMILES string of the molecule is CCN(CC1CCC(C(F)(F)F)CC1)c1ncnc(NCC2(O)CCN(CC(N)=O)C[C@H]2O)c1F. The van der Waals surface area contributed by atoms with Gasteiger partial charge in [-0.05, 0) is 44.9 Å². The molecule has 1 aliphatic heterocycles. The van der Waals surface area contributed by atoms with E-state index in [1.165, 1.54) is 6.33 Å². The number of primary amides is 1. The molecular weight excluding hydrogens is 472 g/mol. The first-order valence-corrected chi connectivity index (χ1v) is 11.9. The summed E-state index contributed by atoms with van der Waals surface area (Å²) < 4.78 is 54.1. The van der Waals surface area contributed by atoms with Crippen LogP contribution in [0.25, 0.3) is 0 Å². The Morgan fingerprint density at radius 2 is 2.00 bits per heavy atom. The Morgan fingerprint density at radius 3 is 2.57 bits per heavy atom. The van der Waals surface area contributed by atoms with E-state index in [9.17, 15) is 28.2 Å². The second-order valence-electron chi connectivity index (χ2n) is 9.58. The van der Waals surface area contributed by atoms with Crippen LogP contribution in [0, 0.1) is 17.7 Å². The predicted molar refractivity (Wildman–Crippen MR) is 121 cm³/mol. The first-order valence-electron chi connectivity index (χ1n) is 11.9. The largest absolute Gasteiger partial charge is 0.391 e. The maximum Gasteiger partial charge on any atom is 0.391 e. The molecule has 9 nitrogen and oxygen atoms in total. The highest BCUT2D eigenvalue weighted by molar-refractivity contribution is 5.75. The lowest BCUT2D eigenvalue weighted by atomic mass is 9.81. The van der Waals surface area contributed by atoms with Gasteiger partial charge in [0.25, 0.3) is 0 Å². The van der Waals surface area contributed by atoms with Crippen molar-refractivity contribution >= 4 is 17.5 Å². The number of likely N-dealkylation sites (tertiary alicyclic amines) is 1. The van der Waals surface area contributed by atoms with Crippen LogP contribution in [0.5, 0.6) is 0 Å². The van der Waals surface area contributed by atoms with Crippen molar-refractivity contribution in [2.24, 2.45) is 17.6 Å². The molecule has 1 aromatic rings. The monoisotopic (exact) mass is 506 g/mol. The Hall–Kier alpha value is -2.25. The van der Waals surface area contributed by atoms with Gasteiger partial charge in [-0.3, -0.25) is 9.69 Å². The van der Waals surface area contributed by atoms with Gasteiger partial charge in [0, 0.05) is 32.7 Å². The lowest BCUT2D eigenvalue weighted by Crippen LogP contribution is -2.59. The van der Waals surface area contributed by atoms with Crippen LogP contribution in [0.4, 0.5) is 29.2 Å². The van der Waals surface area contributed by atoms with E-state index in [0.717, 1.165) is 0 Å². The molecule has 2 heterocycles. The van der Waals surface area contributed by atoms with E-state index in [0.29, 0.717) is 32.5 Å². The highest BCUT2D eigenvalue weighted by atomic mass is 19.4. The zero-order valence-electron chi connectivity index (χ0n) is 19.8. The number of amides is 1. The van der Waals surface area contributed by atoms with Crippen LogP contribution in [0.3, 0.4) is 0 Å². The maximum atomic E-state index is 15.3. The molecule has 1 amide bonds. The summed E-state index contributed by atoms with van der Waals surface area (Å²) in [6, 6.07) is 0. The maximum absolute atomic E-state index is 15.3. The van der Waals surface area contributed by atoms with Gasteiger partial charge < -0.3 is 26.2 Å². The van der Waals surface area contributed by atoms with Crippen molar-refractivity contribution in [3.8, 4) is 0 Å². The number of aromatic nitrogens is 2. The summed E-state index contributed by atoms with van der Waals surface area (Å²) >= 11 is 0. The fourth-order valence-electron chi connectivity index (χ4n) is 4.88. The minimum absolute atomic E-state index is 0.000713. The van der Waals surface area contributed by atoms with Crippen LogP contribution >= 0.6 is 0 Å². The van der Waals surface area contributed by atoms with Crippen molar-refractivity contribution in [3.05, 3.63) is 12.1 Å². The van der Waals surface area contributed by atoms with Gasteiger partial charge in [-0.1, -0.05) is 0 Å². The molecule has 2 atom stereocenters. The third-order valence-electron chi connectivity index (χ3n) is 7.09. The highest BCUT2D eigenvalue weighted by Gasteiger charge is 2.42. The number of nitrogens with two attached hydrogens (primary N) is 1. The van der Waals surface area contributed by atoms with Crippen LogP contribution in [-0.4, -0.2) is 88.1 Å². The van der Waals surface area contributed by atoms with E-state index >= 15 is 4.39 Å². The Morgan fingerprint density at radius 1 is 1.31 bits per heavy atom.